The molecule has 17 heavy (non-hydrogen) atoms. The van der Waals surface area contributed by atoms with Gasteiger partial charge in [-0.1, -0.05) is 13.8 Å². The highest BCUT2D eigenvalue weighted by molar-refractivity contribution is 4.86. The Bertz CT molecular complexity index is 226. The summed E-state index contributed by atoms with van der Waals surface area (Å²) in [5, 5.41) is 3.56. The first-order valence-corrected chi connectivity index (χ1v) is 7.26. The summed E-state index contributed by atoms with van der Waals surface area (Å²) >= 11 is 0. The van der Waals surface area contributed by atoms with Gasteiger partial charge in [-0.3, -0.25) is 4.90 Å². The van der Waals surface area contributed by atoms with E-state index in [1.165, 1.54) is 38.9 Å². The van der Waals surface area contributed by atoms with Gasteiger partial charge in [0.25, 0.3) is 0 Å². The number of hydrogen-bond acceptors (Lipinski definition) is 3. The molecule has 0 radical (unpaired) electrons. The maximum absolute atomic E-state index is 5.80. The number of hydrogen-bond donors (Lipinski definition) is 1. The minimum atomic E-state index is 0.492. The molecule has 2 fully saturated rings. The normalized spacial score (nSPS) is 32.5. The summed E-state index contributed by atoms with van der Waals surface area (Å²) in [6, 6.07) is 1.22. The molecule has 3 heteroatoms. The van der Waals surface area contributed by atoms with E-state index in [-0.39, 0.29) is 0 Å². The summed E-state index contributed by atoms with van der Waals surface area (Å²) in [7, 11) is 0. The molecular formula is C14H28N2O. The Labute approximate surface area is 106 Å². The topological polar surface area (TPSA) is 24.5 Å². The van der Waals surface area contributed by atoms with E-state index in [0.29, 0.717) is 18.2 Å². The minimum Gasteiger partial charge on any atom is -0.377 e. The van der Waals surface area contributed by atoms with Crippen LogP contribution in [0, 0.1) is 5.92 Å². The van der Waals surface area contributed by atoms with E-state index in [4.69, 9.17) is 4.74 Å². The Kier molecular flexibility index (Phi) is 4.83. The van der Waals surface area contributed by atoms with Gasteiger partial charge in [-0.15, -0.1) is 0 Å². The highest BCUT2D eigenvalue weighted by Gasteiger charge is 2.32. The number of rotatable bonds is 5. The van der Waals surface area contributed by atoms with Crippen LogP contribution in [0.15, 0.2) is 0 Å². The molecule has 0 saturated carbocycles. The van der Waals surface area contributed by atoms with Gasteiger partial charge in [0.15, 0.2) is 0 Å². The highest BCUT2D eigenvalue weighted by atomic mass is 16.5. The maximum atomic E-state index is 5.80. The Balaban J connectivity index is 1.72. The van der Waals surface area contributed by atoms with Gasteiger partial charge in [0.1, 0.15) is 0 Å². The minimum absolute atomic E-state index is 0.492. The molecule has 2 rings (SSSR count). The van der Waals surface area contributed by atoms with Crippen molar-refractivity contribution < 1.29 is 4.74 Å². The van der Waals surface area contributed by atoms with Gasteiger partial charge in [0.2, 0.25) is 0 Å². The molecule has 1 N–H and O–H groups in total. The molecule has 0 bridgehead atoms. The zero-order valence-corrected chi connectivity index (χ0v) is 11.6. The zero-order chi connectivity index (χ0) is 12.3. The van der Waals surface area contributed by atoms with E-state index >= 15 is 0 Å². The summed E-state index contributed by atoms with van der Waals surface area (Å²) < 4.78 is 5.80. The fraction of sp³-hybridized carbons (Fsp3) is 1.00. The largest absolute Gasteiger partial charge is 0.377 e. The lowest BCUT2D eigenvalue weighted by Crippen LogP contribution is -2.40. The van der Waals surface area contributed by atoms with Crippen LogP contribution in [-0.2, 0) is 4.74 Å². The summed E-state index contributed by atoms with van der Waals surface area (Å²) in [4.78, 5) is 2.63. The van der Waals surface area contributed by atoms with Crippen molar-refractivity contribution in [2.24, 2.45) is 5.92 Å². The van der Waals surface area contributed by atoms with Crippen molar-refractivity contribution in [1.82, 2.24) is 10.2 Å². The lowest BCUT2D eigenvalue weighted by atomic mass is 10.1. The molecular weight excluding hydrogens is 212 g/mol. The Morgan fingerprint density at radius 3 is 2.76 bits per heavy atom. The van der Waals surface area contributed by atoms with Crippen LogP contribution in [0.4, 0.5) is 0 Å². The molecule has 3 unspecified atom stereocenters. The Morgan fingerprint density at radius 1 is 1.29 bits per heavy atom. The van der Waals surface area contributed by atoms with Gasteiger partial charge >= 0.3 is 0 Å². The van der Waals surface area contributed by atoms with Gasteiger partial charge in [0.05, 0.1) is 6.10 Å². The number of likely N-dealkylation sites (tertiary alicyclic amines) is 1. The lowest BCUT2D eigenvalue weighted by Gasteiger charge is -2.29. The van der Waals surface area contributed by atoms with Gasteiger partial charge in [-0.25, -0.2) is 0 Å². The van der Waals surface area contributed by atoms with Crippen LogP contribution in [0.3, 0.4) is 0 Å². The molecule has 0 amide bonds. The molecule has 0 aromatic carbocycles. The monoisotopic (exact) mass is 240 g/mol. The third-order valence-electron chi connectivity index (χ3n) is 4.21. The molecule has 3 atom stereocenters. The summed E-state index contributed by atoms with van der Waals surface area (Å²) in [5.74, 6) is 0.834. The first-order chi connectivity index (χ1) is 8.16. The van der Waals surface area contributed by atoms with Crippen molar-refractivity contribution in [3.63, 3.8) is 0 Å². The molecule has 0 spiro atoms. The van der Waals surface area contributed by atoms with Crippen LogP contribution in [0.1, 0.15) is 40.0 Å². The van der Waals surface area contributed by atoms with Crippen molar-refractivity contribution >= 4 is 0 Å². The fourth-order valence-electron chi connectivity index (χ4n) is 3.02. The molecule has 0 aliphatic carbocycles. The summed E-state index contributed by atoms with van der Waals surface area (Å²) in [6.07, 6.45) is 4.34. The third kappa shape index (κ3) is 3.67. The van der Waals surface area contributed by atoms with Crippen molar-refractivity contribution in [2.45, 2.75) is 58.2 Å². The molecule has 0 aromatic rings. The van der Waals surface area contributed by atoms with Crippen LogP contribution in [0.5, 0.6) is 0 Å². The summed E-state index contributed by atoms with van der Waals surface area (Å²) in [6.45, 7) is 11.4. The van der Waals surface area contributed by atoms with Crippen LogP contribution in [0.25, 0.3) is 0 Å². The zero-order valence-electron chi connectivity index (χ0n) is 11.6. The maximum Gasteiger partial charge on any atom is 0.0728 e. The lowest BCUT2D eigenvalue weighted by molar-refractivity contribution is 0.0393. The highest BCUT2D eigenvalue weighted by Crippen LogP contribution is 2.24. The molecule has 2 heterocycles. The van der Waals surface area contributed by atoms with Gasteiger partial charge < -0.3 is 10.1 Å². The average Bonchev–Trinajstić information content (AvgIpc) is 2.97. The van der Waals surface area contributed by atoms with Crippen LogP contribution in [-0.4, -0.2) is 49.3 Å². The van der Waals surface area contributed by atoms with E-state index in [1.54, 1.807) is 0 Å². The Hall–Kier alpha value is -0.120. The number of nitrogens with one attached hydrogen (secondary N) is 1. The second kappa shape index (κ2) is 6.17. The Morgan fingerprint density at radius 2 is 2.12 bits per heavy atom. The second-order valence-corrected chi connectivity index (χ2v) is 6.00. The van der Waals surface area contributed by atoms with E-state index in [0.717, 1.165) is 12.5 Å². The van der Waals surface area contributed by atoms with E-state index in [2.05, 4.69) is 31.0 Å². The van der Waals surface area contributed by atoms with Crippen molar-refractivity contribution in [1.29, 1.82) is 0 Å². The quantitative estimate of drug-likeness (QED) is 0.794. The second-order valence-electron chi connectivity index (χ2n) is 6.00. The third-order valence-corrected chi connectivity index (χ3v) is 4.21. The van der Waals surface area contributed by atoms with Crippen LogP contribution >= 0.6 is 0 Å². The van der Waals surface area contributed by atoms with E-state index in [1.807, 2.05) is 0 Å². The van der Waals surface area contributed by atoms with Gasteiger partial charge in [-0.05, 0) is 45.2 Å². The van der Waals surface area contributed by atoms with Gasteiger partial charge in [-0.2, -0.15) is 0 Å². The molecule has 2 saturated heterocycles. The summed E-state index contributed by atoms with van der Waals surface area (Å²) in [5.41, 5.74) is 0. The standard InChI is InChI=1S/C14H28N2O/c1-11(2)15-9-13-6-7-16(10-13)12(3)14-5-4-8-17-14/h11-15H,4-10H2,1-3H3. The SMILES string of the molecule is CC(C)NCC1CCN(C(C)C2CCCO2)C1. The average molecular weight is 240 g/mol. The van der Waals surface area contributed by atoms with E-state index in [9.17, 15) is 0 Å². The van der Waals surface area contributed by atoms with Crippen molar-refractivity contribution in [3.8, 4) is 0 Å². The van der Waals surface area contributed by atoms with Gasteiger partial charge in [0, 0.05) is 25.2 Å². The fourth-order valence-corrected chi connectivity index (χ4v) is 3.02. The van der Waals surface area contributed by atoms with Crippen LogP contribution in [0.2, 0.25) is 0 Å². The molecule has 0 aromatic heterocycles. The predicted octanol–water partition coefficient (Wildman–Crippen LogP) is 1.87. The van der Waals surface area contributed by atoms with Crippen molar-refractivity contribution in [2.75, 3.05) is 26.2 Å². The molecule has 3 nitrogen and oxygen atoms in total. The smallest absolute Gasteiger partial charge is 0.0728 e. The van der Waals surface area contributed by atoms with Crippen molar-refractivity contribution in [3.05, 3.63) is 0 Å². The molecule has 2 aliphatic heterocycles. The van der Waals surface area contributed by atoms with Crippen LogP contribution < -0.4 is 5.32 Å². The van der Waals surface area contributed by atoms with E-state index < -0.39 is 0 Å². The number of nitrogens with zero attached hydrogens (tertiary/aromatic N) is 1. The predicted molar refractivity (Wildman–Crippen MR) is 71.3 cm³/mol. The molecule has 2 aliphatic rings. The number of ether oxygens (including phenoxy) is 1. The first-order valence-electron chi connectivity index (χ1n) is 7.26. The first kappa shape index (κ1) is 13.3. The molecule has 100 valence electrons.